The number of rotatable bonds is 3. The molecule has 2 fully saturated rings. The molecule has 0 bridgehead atoms. The van der Waals surface area contributed by atoms with Crippen molar-refractivity contribution < 1.29 is 9.59 Å². The molecule has 2 atom stereocenters. The first kappa shape index (κ1) is 19.7. The summed E-state index contributed by atoms with van der Waals surface area (Å²) in [6, 6.07) is 7.53. The topological polar surface area (TPSA) is 81.3 Å². The number of benzene rings is 1. The predicted octanol–water partition coefficient (Wildman–Crippen LogP) is 2.01. The molecular weight excluding hydrogens is 389 g/mol. The Hall–Kier alpha value is -2.09. The summed E-state index contributed by atoms with van der Waals surface area (Å²) in [5.41, 5.74) is 1.71. The number of anilines is 1. The lowest BCUT2D eigenvalue weighted by Gasteiger charge is -2.38. The number of H-pyrrole nitrogens is 1. The van der Waals surface area contributed by atoms with Crippen LogP contribution in [-0.4, -0.2) is 53.1 Å². The number of nitrogens with zero attached hydrogens (tertiary/aromatic N) is 3. The van der Waals surface area contributed by atoms with E-state index >= 15 is 0 Å². The van der Waals surface area contributed by atoms with Crippen LogP contribution in [0.4, 0.5) is 5.69 Å². The highest BCUT2D eigenvalue weighted by molar-refractivity contribution is 6.30. The monoisotopic (exact) mass is 409 g/mol. The molecule has 2 aliphatic rings. The zero-order chi connectivity index (χ0) is 18.1. The van der Waals surface area contributed by atoms with Gasteiger partial charge in [-0.3, -0.25) is 14.7 Å². The molecule has 0 saturated carbocycles. The number of aromatic nitrogens is 2. The fourth-order valence-electron chi connectivity index (χ4n) is 3.73. The molecule has 7 nitrogen and oxygen atoms in total. The Balaban J connectivity index is 0.00000210. The molecule has 0 aliphatic carbocycles. The van der Waals surface area contributed by atoms with Gasteiger partial charge in [-0.1, -0.05) is 23.7 Å². The largest absolute Gasteiger partial charge is 0.333 e. The highest BCUT2D eigenvalue weighted by atomic mass is 35.5. The Morgan fingerprint density at radius 1 is 1.33 bits per heavy atom. The molecule has 0 radical (unpaired) electrons. The summed E-state index contributed by atoms with van der Waals surface area (Å²) in [6.07, 6.45) is 3.50. The highest BCUT2D eigenvalue weighted by Gasteiger charge is 2.40. The molecule has 0 spiro atoms. The van der Waals surface area contributed by atoms with Gasteiger partial charge in [-0.25, -0.2) is 0 Å². The van der Waals surface area contributed by atoms with Crippen LogP contribution in [0.15, 0.2) is 36.7 Å². The Morgan fingerprint density at radius 3 is 2.93 bits per heavy atom. The van der Waals surface area contributed by atoms with Crippen molar-refractivity contribution in [3.8, 4) is 0 Å². The van der Waals surface area contributed by atoms with Gasteiger partial charge in [-0.15, -0.1) is 12.4 Å². The number of hydrogen-bond acceptors (Lipinski definition) is 4. The smallest absolute Gasteiger partial charge is 0.228 e. The molecule has 2 saturated heterocycles. The number of halogens is 2. The van der Waals surface area contributed by atoms with E-state index in [1.54, 1.807) is 17.3 Å². The Kier molecular flexibility index (Phi) is 6.04. The van der Waals surface area contributed by atoms with E-state index in [4.69, 9.17) is 11.6 Å². The van der Waals surface area contributed by atoms with Crippen molar-refractivity contribution in [3.63, 3.8) is 0 Å². The Morgan fingerprint density at radius 2 is 2.19 bits per heavy atom. The molecule has 2 aromatic rings. The molecule has 1 aromatic carbocycles. The molecular formula is C18H21Cl2N5O2. The van der Waals surface area contributed by atoms with E-state index in [1.165, 1.54) is 0 Å². The van der Waals surface area contributed by atoms with Crippen LogP contribution >= 0.6 is 24.0 Å². The lowest BCUT2D eigenvalue weighted by atomic mass is 9.99. The van der Waals surface area contributed by atoms with Crippen LogP contribution in [-0.2, 0) is 9.59 Å². The van der Waals surface area contributed by atoms with Crippen molar-refractivity contribution in [2.45, 2.75) is 12.5 Å². The first-order chi connectivity index (χ1) is 12.6. The van der Waals surface area contributed by atoms with Crippen molar-refractivity contribution in [2.24, 2.45) is 5.92 Å². The molecule has 9 heteroatoms. The maximum absolute atomic E-state index is 13.2. The van der Waals surface area contributed by atoms with Gasteiger partial charge in [0, 0.05) is 43.8 Å². The zero-order valence-corrected chi connectivity index (χ0v) is 16.2. The Labute approximate surface area is 168 Å². The summed E-state index contributed by atoms with van der Waals surface area (Å²) < 4.78 is 0. The third-order valence-corrected chi connectivity index (χ3v) is 5.26. The zero-order valence-electron chi connectivity index (χ0n) is 14.6. The van der Waals surface area contributed by atoms with Crippen molar-refractivity contribution in [3.05, 3.63) is 47.2 Å². The summed E-state index contributed by atoms with van der Waals surface area (Å²) in [5.74, 6) is -0.354. The van der Waals surface area contributed by atoms with E-state index in [0.29, 0.717) is 30.3 Å². The van der Waals surface area contributed by atoms with Crippen molar-refractivity contribution in [2.75, 3.05) is 31.1 Å². The molecule has 4 rings (SSSR count). The number of carbonyl (C=O) groups is 2. The second kappa shape index (κ2) is 8.29. The van der Waals surface area contributed by atoms with Crippen molar-refractivity contribution >= 4 is 41.5 Å². The van der Waals surface area contributed by atoms with Crippen molar-refractivity contribution in [1.29, 1.82) is 0 Å². The number of aromatic amines is 1. The van der Waals surface area contributed by atoms with Gasteiger partial charge >= 0.3 is 0 Å². The maximum atomic E-state index is 13.2. The third kappa shape index (κ3) is 3.95. The number of hydrogen-bond donors (Lipinski definition) is 2. The van der Waals surface area contributed by atoms with E-state index in [1.807, 2.05) is 29.2 Å². The SMILES string of the molecule is Cl.O=C1CC(C(=O)N2CCNCC2c2cccc(Cl)c2)CN1c1cn[nH]c1. The molecule has 2 N–H and O–H groups in total. The lowest BCUT2D eigenvalue weighted by molar-refractivity contribution is -0.139. The quantitative estimate of drug-likeness (QED) is 0.812. The molecule has 2 amide bonds. The fraction of sp³-hybridized carbons (Fsp3) is 0.389. The Bertz CT molecular complexity index is 814. The van der Waals surface area contributed by atoms with Crippen LogP contribution in [0.25, 0.3) is 0 Å². The molecule has 27 heavy (non-hydrogen) atoms. The van der Waals surface area contributed by atoms with Gasteiger partial charge in [0.15, 0.2) is 0 Å². The van der Waals surface area contributed by atoms with E-state index in [2.05, 4.69) is 15.5 Å². The van der Waals surface area contributed by atoms with Gasteiger partial charge in [0.05, 0.1) is 23.8 Å². The maximum Gasteiger partial charge on any atom is 0.228 e. The number of carbonyl (C=O) groups excluding carboxylic acids is 2. The highest BCUT2D eigenvalue weighted by Crippen LogP contribution is 2.30. The first-order valence-electron chi connectivity index (χ1n) is 8.69. The van der Waals surface area contributed by atoms with Crippen LogP contribution in [0.2, 0.25) is 5.02 Å². The van der Waals surface area contributed by atoms with E-state index in [0.717, 1.165) is 12.1 Å². The average molecular weight is 410 g/mol. The van der Waals surface area contributed by atoms with Gasteiger partial charge in [0.2, 0.25) is 11.8 Å². The van der Waals surface area contributed by atoms with Crippen LogP contribution in [0.3, 0.4) is 0 Å². The minimum Gasteiger partial charge on any atom is -0.333 e. The van der Waals surface area contributed by atoms with E-state index in [-0.39, 0.29) is 42.6 Å². The third-order valence-electron chi connectivity index (χ3n) is 5.03. The number of nitrogens with one attached hydrogen (secondary N) is 2. The number of piperazine rings is 1. The fourth-order valence-corrected chi connectivity index (χ4v) is 3.93. The second-order valence-corrected chi connectivity index (χ2v) is 7.10. The minimum absolute atomic E-state index is 0. The predicted molar refractivity (Wildman–Crippen MR) is 105 cm³/mol. The summed E-state index contributed by atoms with van der Waals surface area (Å²) >= 11 is 6.13. The van der Waals surface area contributed by atoms with Gasteiger partial charge in [0.1, 0.15) is 0 Å². The molecule has 3 heterocycles. The average Bonchev–Trinajstić information content (AvgIpc) is 3.30. The van der Waals surface area contributed by atoms with Gasteiger partial charge in [-0.05, 0) is 17.7 Å². The first-order valence-corrected chi connectivity index (χ1v) is 9.07. The van der Waals surface area contributed by atoms with E-state index in [9.17, 15) is 9.59 Å². The van der Waals surface area contributed by atoms with Crippen LogP contribution in [0, 0.1) is 5.92 Å². The summed E-state index contributed by atoms with van der Waals surface area (Å²) in [6.45, 7) is 2.43. The summed E-state index contributed by atoms with van der Waals surface area (Å²) in [4.78, 5) is 29.1. The van der Waals surface area contributed by atoms with Crippen molar-refractivity contribution in [1.82, 2.24) is 20.4 Å². The molecule has 2 unspecified atom stereocenters. The number of amides is 2. The van der Waals surface area contributed by atoms with Crippen LogP contribution < -0.4 is 10.2 Å². The summed E-state index contributed by atoms with van der Waals surface area (Å²) in [5, 5.41) is 10.6. The lowest BCUT2D eigenvalue weighted by Crippen LogP contribution is -2.50. The molecule has 1 aromatic heterocycles. The van der Waals surface area contributed by atoms with Crippen LogP contribution in [0.5, 0.6) is 0 Å². The van der Waals surface area contributed by atoms with Gasteiger partial charge in [-0.2, -0.15) is 5.10 Å². The molecule has 144 valence electrons. The van der Waals surface area contributed by atoms with Gasteiger partial charge in [0.25, 0.3) is 0 Å². The second-order valence-electron chi connectivity index (χ2n) is 6.67. The summed E-state index contributed by atoms with van der Waals surface area (Å²) in [7, 11) is 0. The standard InChI is InChI=1S/C18H20ClN5O2.ClH/c19-14-3-1-2-12(6-14)16-10-20-4-5-23(16)18(26)13-7-17(25)24(11-13)15-8-21-22-9-15;/h1-3,6,8-9,13,16,20H,4-5,7,10-11H2,(H,21,22);1H. The van der Waals surface area contributed by atoms with E-state index < -0.39 is 0 Å². The normalized spacial score (nSPS) is 22.6. The minimum atomic E-state index is -0.336. The van der Waals surface area contributed by atoms with Gasteiger partial charge < -0.3 is 15.1 Å². The van der Waals surface area contributed by atoms with Crippen LogP contribution in [0.1, 0.15) is 18.0 Å². The molecule has 2 aliphatic heterocycles.